The number of nitrogen functional groups attached to an aromatic ring is 2. The third kappa shape index (κ3) is 12.6. The van der Waals surface area contributed by atoms with Gasteiger partial charge in [0.05, 0.1) is 5.69 Å². The topological polar surface area (TPSA) is 78.3 Å². The van der Waals surface area contributed by atoms with Crippen LogP contribution in [0.3, 0.4) is 0 Å². The van der Waals surface area contributed by atoms with Crippen molar-refractivity contribution in [3.63, 3.8) is 0 Å². The summed E-state index contributed by atoms with van der Waals surface area (Å²) in [6.45, 7) is 2.27. The van der Waals surface area contributed by atoms with Crippen molar-refractivity contribution >= 4 is 17.3 Å². The van der Waals surface area contributed by atoms with Crippen molar-refractivity contribution < 1.29 is 9.53 Å². The van der Waals surface area contributed by atoms with Gasteiger partial charge in [-0.2, -0.15) is 0 Å². The van der Waals surface area contributed by atoms with E-state index in [2.05, 4.69) is 6.92 Å². The smallest absolute Gasteiger partial charge is 0.311 e. The summed E-state index contributed by atoms with van der Waals surface area (Å²) < 4.78 is 5.30. The van der Waals surface area contributed by atoms with Gasteiger partial charge in [0.25, 0.3) is 0 Å². The van der Waals surface area contributed by atoms with Gasteiger partial charge in [0.2, 0.25) is 0 Å². The van der Waals surface area contributed by atoms with E-state index in [1.54, 1.807) is 18.2 Å². The molecule has 0 atom stereocenters. The maximum atomic E-state index is 11.9. The first-order chi connectivity index (χ1) is 13.6. The van der Waals surface area contributed by atoms with Crippen LogP contribution in [0, 0.1) is 0 Å². The predicted octanol–water partition coefficient (Wildman–Crippen LogP) is 7.02. The monoisotopic (exact) mass is 390 g/mol. The van der Waals surface area contributed by atoms with E-state index < -0.39 is 0 Å². The van der Waals surface area contributed by atoms with Crippen molar-refractivity contribution in [1.82, 2.24) is 0 Å². The van der Waals surface area contributed by atoms with E-state index in [0.717, 1.165) is 12.8 Å². The van der Waals surface area contributed by atoms with Crippen LogP contribution in [-0.2, 0) is 4.79 Å². The second-order valence-corrected chi connectivity index (χ2v) is 7.97. The summed E-state index contributed by atoms with van der Waals surface area (Å²) in [6, 6.07) is 4.94. The first-order valence-corrected chi connectivity index (χ1v) is 11.5. The van der Waals surface area contributed by atoms with E-state index in [9.17, 15) is 4.79 Å². The van der Waals surface area contributed by atoms with Gasteiger partial charge in [0, 0.05) is 12.1 Å². The molecule has 0 aliphatic heterocycles. The third-order valence-corrected chi connectivity index (χ3v) is 5.24. The SMILES string of the molecule is CCCCCCCCCCCCCCCCCC(=O)Oc1ccc(N)cc1N. The van der Waals surface area contributed by atoms with Gasteiger partial charge in [-0.3, -0.25) is 4.79 Å². The molecule has 0 heterocycles. The molecule has 0 unspecified atom stereocenters. The minimum absolute atomic E-state index is 0.217. The van der Waals surface area contributed by atoms with Gasteiger partial charge < -0.3 is 16.2 Å². The van der Waals surface area contributed by atoms with Crippen LogP contribution in [0.25, 0.3) is 0 Å². The number of benzene rings is 1. The number of hydrogen-bond donors (Lipinski definition) is 2. The van der Waals surface area contributed by atoms with Gasteiger partial charge in [0.15, 0.2) is 5.75 Å². The maximum absolute atomic E-state index is 11.9. The molecular weight excluding hydrogens is 348 g/mol. The summed E-state index contributed by atoms with van der Waals surface area (Å²) in [4.78, 5) is 11.9. The highest BCUT2D eigenvalue weighted by Crippen LogP contribution is 2.24. The van der Waals surface area contributed by atoms with Crippen LogP contribution in [0.2, 0.25) is 0 Å². The average Bonchev–Trinajstić information content (AvgIpc) is 2.67. The molecule has 1 rings (SSSR count). The zero-order valence-electron chi connectivity index (χ0n) is 18.0. The molecule has 0 aromatic heterocycles. The second kappa shape index (κ2) is 16.3. The van der Waals surface area contributed by atoms with Crippen molar-refractivity contribution in [3.8, 4) is 5.75 Å². The number of ether oxygens (including phenoxy) is 1. The Balaban J connectivity index is 1.86. The molecule has 1 aromatic carbocycles. The van der Waals surface area contributed by atoms with Gasteiger partial charge in [-0.1, -0.05) is 96.8 Å². The molecular formula is C24H42N2O2. The lowest BCUT2D eigenvalue weighted by Crippen LogP contribution is -2.09. The average molecular weight is 391 g/mol. The molecule has 0 saturated carbocycles. The first kappa shape index (κ1) is 24.3. The first-order valence-electron chi connectivity index (χ1n) is 11.5. The highest BCUT2D eigenvalue weighted by molar-refractivity contribution is 5.75. The van der Waals surface area contributed by atoms with Crippen LogP contribution in [0.4, 0.5) is 11.4 Å². The molecule has 0 bridgehead atoms. The van der Waals surface area contributed by atoms with E-state index in [1.165, 1.54) is 83.5 Å². The summed E-state index contributed by atoms with van der Waals surface area (Å²) in [5.74, 6) is 0.186. The fourth-order valence-corrected chi connectivity index (χ4v) is 3.47. The van der Waals surface area contributed by atoms with Gasteiger partial charge >= 0.3 is 5.97 Å². The van der Waals surface area contributed by atoms with Gasteiger partial charge in [0.1, 0.15) is 0 Å². The van der Waals surface area contributed by atoms with Crippen molar-refractivity contribution in [2.45, 2.75) is 110 Å². The molecule has 4 heteroatoms. The second-order valence-electron chi connectivity index (χ2n) is 7.97. The summed E-state index contributed by atoms with van der Waals surface area (Å²) in [5, 5.41) is 0. The van der Waals surface area contributed by atoms with Crippen molar-refractivity contribution in [2.24, 2.45) is 0 Å². The number of nitrogens with two attached hydrogens (primary N) is 2. The fourth-order valence-electron chi connectivity index (χ4n) is 3.47. The van der Waals surface area contributed by atoms with Gasteiger partial charge in [-0.15, -0.1) is 0 Å². The highest BCUT2D eigenvalue weighted by Gasteiger charge is 2.07. The van der Waals surface area contributed by atoms with Crippen LogP contribution in [0.15, 0.2) is 18.2 Å². The summed E-state index contributed by atoms with van der Waals surface area (Å²) >= 11 is 0. The number of hydrogen-bond acceptors (Lipinski definition) is 4. The summed E-state index contributed by atoms with van der Waals surface area (Å²) in [5.41, 5.74) is 12.4. The largest absolute Gasteiger partial charge is 0.424 e. The molecule has 0 fully saturated rings. The Hall–Kier alpha value is -1.71. The Bertz CT molecular complexity index is 531. The molecule has 0 amide bonds. The molecule has 0 saturated heterocycles. The van der Waals surface area contributed by atoms with Crippen LogP contribution in [0.5, 0.6) is 5.75 Å². The van der Waals surface area contributed by atoms with Crippen LogP contribution in [-0.4, -0.2) is 5.97 Å². The number of unbranched alkanes of at least 4 members (excludes halogenated alkanes) is 14. The molecule has 28 heavy (non-hydrogen) atoms. The Labute approximate surface area is 172 Å². The third-order valence-electron chi connectivity index (χ3n) is 5.24. The van der Waals surface area contributed by atoms with E-state index in [4.69, 9.17) is 16.2 Å². The van der Waals surface area contributed by atoms with Crippen LogP contribution >= 0.6 is 0 Å². The standard InChI is InChI=1S/C24H42N2O2/c1-2-3-4-5-6-7-8-9-10-11-12-13-14-15-16-17-24(27)28-23-19-18-21(25)20-22(23)26/h18-20H,2-17,25-26H2,1H3. The van der Waals surface area contributed by atoms with Crippen molar-refractivity contribution in [3.05, 3.63) is 18.2 Å². The normalized spacial score (nSPS) is 10.9. The van der Waals surface area contributed by atoms with Crippen LogP contribution < -0.4 is 16.2 Å². The molecule has 1 aromatic rings. The Morgan fingerprint density at radius 3 is 1.68 bits per heavy atom. The summed E-state index contributed by atoms with van der Waals surface area (Å²) in [6.07, 6.45) is 20.2. The molecule has 4 nitrogen and oxygen atoms in total. The number of carbonyl (C=O) groups is 1. The fraction of sp³-hybridized carbons (Fsp3) is 0.708. The number of rotatable bonds is 17. The number of esters is 1. The van der Waals surface area contributed by atoms with Gasteiger partial charge in [-0.05, 0) is 24.6 Å². The molecule has 0 aliphatic rings. The van der Waals surface area contributed by atoms with Gasteiger partial charge in [-0.25, -0.2) is 0 Å². The maximum Gasteiger partial charge on any atom is 0.311 e. The lowest BCUT2D eigenvalue weighted by molar-refractivity contribution is -0.134. The van der Waals surface area contributed by atoms with E-state index in [1.807, 2.05) is 0 Å². The molecule has 160 valence electrons. The molecule has 0 radical (unpaired) electrons. The zero-order chi connectivity index (χ0) is 20.5. The predicted molar refractivity (Wildman–Crippen MR) is 120 cm³/mol. The minimum atomic E-state index is -0.217. The molecule has 0 spiro atoms. The van der Waals surface area contributed by atoms with Crippen LogP contribution in [0.1, 0.15) is 110 Å². The minimum Gasteiger partial charge on any atom is -0.424 e. The van der Waals surface area contributed by atoms with E-state index in [-0.39, 0.29) is 5.97 Å². The Morgan fingerprint density at radius 2 is 1.21 bits per heavy atom. The summed E-state index contributed by atoms with van der Waals surface area (Å²) in [7, 11) is 0. The Morgan fingerprint density at radius 1 is 0.750 bits per heavy atom. The lowest BCUT2D eigenvalue weighted by atomic mass is 10.0. The van der Waals surface area contributed by atoms with Crippen molar-refractivity contribution in [1.29, 1.82) is 0 Å². The van der Waals surface area contributed by atoms with E-state index >= 15 is 0 Å². The lowest BCUT2D eigenvalue weighted by Gasteiger charge is -2.07. The van der Waals surface area contributed by atoms with E-state index in [0.29, 0.717) is 23.5 Å². The Kier molecular flexibility index (Phi) is 14.1. The quantitative estimate of drug-likeness (QED) is 0.130. The molecule has 4 N–H and O–H groups in total. The molecule has 0 aliphatic carbocycles. The zero-order valence-corrected chi connectivity index (χ0v) is 18.0. The van der Waals surface area contributed by atoms with Crippen molar-refractivity contribution in [2.75, 3.05) is 11.5 Å². The highest BCUT2D eigenvalue weighted by atomic mass is 16.5. The number of anilines is 2. The number of carbonyl (C=O) groups excluding carboxylic acids is 1.